The number of nitrogens with zero attached hydrogens (tertiary/aromatic N) is 2. The van der Waals surface area contributed by atoms with Gasteiger partial charge >= 0.3 is 5.97 Å². The summed E-state index contributed by atoms with van der Waals surface area (Å²) in [6.07, 6.45) is 0.812. The predicted octanol–water partition coefficient (Wildman–Crippen LogP) is 1.26. The Morgan fingerprint density at radius 2 is 2.08 bits per heavy atom. The van der Waals surface area contributed by atoms with Crippen molar-refractivity contribution in [3.05, 3.63) is 52.8 Å². The smallest absolute Gasteiger partial charge is 0.325 e. The van der Waals surface area contributed by atoms with Gasteiger partial charge in [0.15, 0.2) is 5.69 Å². The number of carbonyl (C=O) groups excluding carboxylic acids is 2. The van der Waals surface area contributed by atoms with E-state index in [1.165, 1.54) is 4.90 Å². The van der Waals surface area contributed by atoms with Gasteiger partial charge in [-0.25, -0.2) is 0 Å². The monoisotopic (exact) mass is 342 g/mol. The molecule has 0 atom stereocenters. The summed E-state index contributed by atoms with van der Waals surface area (Å²) in [5.41, 5.74) is 3.20. The van der Waals surface area contributed by atoms with Gasteiger partial charge in [-0.3, -0.25) is 14.7 Å². The van der Waals surface area contributed by atoms with Crippen LogP contribution in [0.4, 0.5) is 0 Å². The summed E-state index contributed by atoms with van der Waals surface area (Å²) in [7, 11) is 0. The first-order chi connectivity index (χ1) is 12.2. The fraction of sp³-hybridized carbons (Fsp3) is 0.389. The summed E-state index contributed by atoms with van der Waals surface area (Å²) < 4.78 is 5.02. The molecule has 1 aliphatic heterocycles. The molecule has 0 spiro atoms. The minimum atomic E-state index is -0.422. The molecule has 2 aromatic rings. The van der Waals surface area contributed by atoms with E-state index in [2.05, 4.69) is 15.5 Å². The summed E-state index contributed by atoms with van der Waals surface area (Å²) in [5.74, 6) is -0.688. The van der Waals surface area contributed by atoms with Gasteiger partial charge in [0.2, 0.25) is 0 Å². The fourth-order valence-corrected chi connectivity index (χ4v) is 2.92. The number of H-pyrrole nitrogens is 1. The normalized spacial score (nSPS) is 13.2. The first-order valence-electron chi connectivity index (χ1n) is 8.44. The maximum Gasteiger partial charge on any atom is 0.325 e. The molecule has 0 bridgehead atoms. The van der Waals surface area contributed by atoms with Gasteiger partial charge in [0.25, 0.3) is 5.91 Å². The van der Waals surface area contributed by atoms with Crippen LogP contribution in [0.15, 0.2) is 30.3 Å². The third-order valence-corrected chi connectivity index (χ3v) is 4.14. The molecular formula is C18H22N4O3. The average Bonchev–Trinajstić information content (AvgIpc) is 3.06. The van der Waals surface area contributed by atoms with Crippen molar-refractivity contribution in [1.29, 1.82) is 0 Å². The number of aromatic nitrogens is 2. The van der Waals surface area contributed by atoms with Gasteiger partial charge in [-0.2, -0.15) is 5.10 Å². The van der Waals surface area contributed by atoms with Gasteiger partial charge in [0.05, 0.1) is 6.61 Å². The number of fused-ring (bicyclic) bond motifs is 1. The second kappa shape index (κ2) is 7.94. The lowest BCUT2D eigenvalue weighted by Gasteiger charge is -2.22. The van der Waals surface area contributed by atoms with E-state index in [1.54, 1.807) is 6.92 Å². The molecule has 1 amide bonds. The maximum atomic E-state index is 13.0. The Balaban J connectivity index is 1.83. The van der Waals surface area contributed by atoms with E-state index in [4.69, 9.17) is 4.74 Å². The largest absolute Gasteiger partial charge is 0.465 e. The van der Waals surface area contributed by atoms with Gasteiger partial charge < -0.3 is 15.0 Å². The van der Waals surface area contributed by atoms with Crippen LogP contribution in [0.2, 0.25) is 0 Å². The highest BCUT2D eigenvalue weighted by Gasteiger charge is 2.27. The molecule has 132 valence electrons. The quantitative estimate of drug-likeness (QED) is 0.772. The topological polar surface area (TPSA) is 87.3 Å². The predicted molar refractivity (Wildman–Crippen MR) is 91.8 cm³/mol. The number of benzene rings is 1. The van der Waals surface area contributed by atoms with Crippen LogP contribution < -0.4 is 5.32 Å². The molecule has 2 heterocycles. The molecule has 2 N–H and O–H groups in total. The Bertz CT molecular complexity index is 742. The van der Waals surface area contributed by atoms with Crippen molar-refractivity contribution >= 4 is 11.9 Å². The van der Waals surface area contributed by atoms with Crippen LogP contribution in [-0.2, 0) is 29.0 Å². The highest BCUT2D eigenvalue weighted by Crippen LogP contribution is 2.18. The zero-order chi connectivity index (χ0) is 17.6. The maximum absolute atomic E-state index is 13.0. The summed E-state index contributed by atoms with van der Waals surface area (Å²) in [5, 5.41) is 10.4. The number of nitrogens with one attached hydrogen (secondary N) is 2. The average molecular weight is 342 g/mol. The Kier molecular flexibility index (Phi) is 5.45. The van der Waals surface area contributed by atoms with E-state index < -0.39 is 5.97 Å². The lowest BCUT2D eigenvalue weighted by atomic mass is 10.1. The van der Waals surface area contributed by atoms with Crippen LogP contribution in [0.25, 0.3) is 0 Å². The third kappa shape index (κ3) is 4.06. The summed E-state index contributed by atoms with van der Waals surface area (Å²) in [4.78, 5) is 26.5. The number of hydrogen-bond acceptors (Lipinski definition) is 5. The number of esters is 1. The standard InChI is InChI=1S/C18H22N4O3/c1-2-25-16(23)12-22(11-13-6-4-3-5-7-13)18(24)17-14-10-19-9-8-15(14)20-21-17/h3-7,19H,2,8-12H2,1H3,(H,20,21). The molecule has 25 heavy (non-hydrogen) atoms. The van der Waals surface area contributed by atoms with E-state index in [-0.39, 0.29) is 19.1 Å². The first kappa shape index (κ1) is 17.2. The van der Waals surface area contributed by atoms with Gasteiger partial charge in [0.1, 0.15) is 6.54 Å². The molecule has 3 rings (SSSR count). The van der Waals surface area contributed by atoms with Crippen LogP contribution >= 0.6 is 0 Å². The van der Waals surface area contributed by atoms with Crippen molar-refractivity contribution in [3.63, 3.8) is 0 Å². The van der Waals surface area contributed by atoms with Crippen molar-refractivity contribution in [3.8, 4) is 0 Å². The Hall–Kier alpha value is -2.67. The molecule has 0 aliphatic carbocycles. The van der Waals surface area contributed by atoms with Crippen LogP contribution in [0, 0.1) is 0 Å². The number of hydrogen-bond donors (Lipinski definition) is 2. The van der Waals surface area contributed by atoms with Crippen molar-refractivity contribution in [1.82, 2.24) is 20.4 Å². The second-order valence-corrected chi connectivity index (χ2v) is 5.91. The van der Waals surface area contributed by atoms with Crippen molar-refractivity contribution in [2.75, 3.05) is 19.7 Å². The summed E-state index contributed by atoms with van der Waals surface area (Å²) in [6, 6.07) is 9.57. The minimum absolute atomic E-state index is 0.101. The van der Waals surface area contributed by atoms with E-state index in [0.717, 1.165) is 29.8 Å². The van der Waals surface area contributed by atoms with Crippen molar-refractivity contribution < 1.29 is 14.3 Å². The summed E-state index contributed by atoms with van der Waals surface area (Å²) >= 11 is 0. The Morgan fingerprint density at radius 3 is 2.84 bits per heavy atom. The molecule has 0 fully saturated rings. The van der Waals surface area contributed by atoms with Gasteiger partial charge in [-0.05, 0) is 12.5 Å². The summed E-state index contributed by atoms with van der Waals surface area (Å²) in [6.45, 7) is 3.72. The zero-order valence-electron chi connectivity index (χ0n) is 14.2. The molecule has 0 unspecified atom stereocenters. The number of rotatable bonds is 6. The molecule has 0 saturated carbocycles. The number of aromatic amines is 1. The second-order valence-electron chi connectivity index (χ2n) is 5.91. The minimum Gasteiger partial charge on any atom is -0.465 e. The van der Waals surface area contributed by atoms with E-state index >= 15 is 0 Å². The highest BCUT2D eigenvalue weighted by molar-refractivity contribution is 5.95. The molecule has 1 aromatic carbocycles. The van der Waals surface area contributed by atoms with Crippen LogP contribution in [-0.4, -0.2) is 46.7 Å². The number of amides is 1. The molecule has 7 heteroatoms. The molecule has 1 aliphatic rings. The van der Waals surface area contributed by atoms with Gasteiger partial charge in [-0.1, -0.05) is 30.3 Å². The lowest BCUT2D eigenvalue weighted by Crippen LogP contribution is -2.37. The van der Waals surface area contributed by atoms with E-state index in [1.807, 2.05) is 30.3 Å². The van der Waals surface area contributed by atoms with Crippen LogP contribution in [0.1, 0.15) is 34.2 Å². The van der Waals surface area contributed by atoms with Gasteiger partial charge in [-0.15, -0.1) is 0 Å². The molecule has 7 nitrogen and oxygen atoms in total. The van der Waals surface area contributed by atoms with Crippen LogP contribution in [0.5, 0.6) is 0 Å². The van der Waals surface area contributed by atoms with E-state index in [0.29, 0.717) is 18.8 Å². The van der Waals surface area contributed by atoms with Crippen molar-refractivity contribution in [2.45, 2.75) is 26.4 Å². The number of ether oxygens (including phenoxy) is 1. The molecule has 1 aromatic heterocycles. The fourth-order valence-electron chi connectivity index (χ4n) is 2.92. The van der Waals surface area contributed by atoms with Crippen molar-refractivity contribution in [2.24, 2.45) is 0 Å². The van der Waals surface area contributed by atoms with Gasteiger partial charge in [0, 0.05) is 37.3 Å². The highest BCUT2D eigenvalue weighted by atomic mass is 16.5. The van der Waals surface area contributed by atoms with Crippen LogP contribution in [0.3, 0.4) is 0 Å². The molecular weight excluding hydrogens is 320 g/mol. The SMILES string of the molecule is CCOC(=O)CN(Cc1ccccc1)C(=O)c1n[nH]c2c1CNCC2. The Labute approximate surface area is 146 Å². The lowest BCUT2D eigenvalue weighted by molar-refractivity contribution is -0.143. The molecule has 0 radical (unpaired) electrons. The first-order valence-corrected chi connectivity index (χ1v) is 8.44. The van der Waals surface area contributed by atoms with E-state index in [9.17, 15) is 9.59 Å². The molecule has 0 saturated heterocycles. The Morgan fingerprint density at radius 1 is 1.28 bits per heavy atom. The zero-order valence-corrected chi connectivity index (χ0v) is 14.2. The number of carbonyl (C=O) groups is 2. The third-order valence-electron chi connectivity index (χ3n) is 4.14.